The fourth-order valence-corrected chi connectivity index (χ4v) is 2.50. The van der Waals surface area contributed by atoms with Crippen LogP contribution in [-0.2, 0) is 13.1 Å². The quantitative estimate of drug-likeness (QED) is 0.781. The van der Waals surface area contributed by atoms with Gasteiger partial charge in [0.1, 0.15) is 0 Å². The Hall–Kier alpha value is -1.85. The topological polar surface area (TPSA) is 67.2 Å². The molecule has 0 saturated heterocycles. The molecule has 1 aromatic carbocycles. The van der Waals surface area contributed by atoms with E-state index in [0.29, 0.717) is 5.56 Å². The Balaban J connectivity index is 1.86. The Morgan fingerprint density at radius 1 is 1.21 bits per heavy atom. The molecule has 1 heterocycles. The number of amides is 1. The van der Waals surface area contributed by atoms with Gasteiger partial charge in [0.05, 0.1) is 0 Å². The second-order valence-electron chi connectivity index (χ2n) is 4.18. The predicted octanol–water partition coefficient (Wildman–Crippen LogP) is 1.98. The van der Waals surface area contributed by atoms with Crippen LogP contribution in [0.4, 0.5) is 5.69 Å². The van der Waals surface area contributed by atoms with Crippen molar-refractivity contribution in [3.05, 3.63) is 51.7 Å². The summed E-state index contributed by atoms with van der Waals surface area (Å²) in [4.78, 5) is 12.5. The van der Waals surface area contributed by atoms with Crippen LogP contribution < -0.4 is 16.4 Å². The molecule has 2 rings (SSSR count). The van der Waals surface area contributed by atoms with Crippen molar-refractivity contribution in [1.29, 1.82) is 0 Å². The van der Waals surface area contributed by atoms with E-state index in [4.69, 9.17) is 5.73 Å². The molecule has 0 bridgehead atoms. The van der Waals surface area contributed by atoms with Crippen LogP contribution in [0, 0.1) is 0 Å². The fraction of sp³-hybridized carbons (Fsp3) is 0.214. The SMILES string of the molecule is CNC(=O)c1ccc(CNCc2sccc2N)cc1. The second-order valence-corrected chi connectivity index (χ2v) is 5.18. The highest BCUT2D eigenvalue weighted by Crippen LogP contribution is 2.18. The maximum atomic E-state index is 11.4. The van der Waals surface area contributed by atoms with Gasteiger partial charge >= 0.3 is 0 Å². The third-order valence-corrected chi connectivity index (χ3v) is 3.77. The van der Waals surface area contributed by atoms with E-state index in [1.165, 1.54) is 0 Å². The van der Waals surface area contributed by atoms with Gasteiger partial charge in [-0.25, -0.2) is 0 Å². The van der Waals surface area contributed by atoms with Crippen LogP contribution in [0.1, 0.15) is 20.8 Å². The monoisotopic (exact) mass is 275 g/mol. The first-order chi connectivity index (χ1) is 9.20. The Morgan fingerprint density at radius 3 is 2.53 bits per heavy atom. The van der Waals surface area contributed by atoms with Gasteiger partial charge in [0.25, 0.3) is 5.91 Å². The minimum Gasteiger partial charge on any atom is -0.398 e. The zero-order chi connectivity index (χ0) is 13.7. The molecule has 100 valence electrons. The van der Waals surface area contributed by atoms with Crippen LogP contribution in [0.2, 0.25) is 0 Å². The Bertz CT molecular complexity index is 548. The molecule has 4 nitrogen and oxygen atoms in total. The molecule has 0 saturated carbocycles. The standard InChI is InChI=1S/C14H17N3OS/c1-16-14(18)11-4-2-10(3-5-11)8-17-9-13-12(15)6-7-19-13/h2-7,17H,8-9,15H2,1H3,(H,16,18). The smallest absolute Gasteiger partial charge is 0.251 e. The number of anilines is 1. The largest absolute Gasteiger partial charge is 0.398 e. The molecule has 5 heteroatoms. The molecule has 0 fully saturated rings. The Morgan fingerprint density at radius 2 is 1.95 bits per heavy atom. The molecule has 1 aromatic heterocycles. The highest BCUT2D eigenvalue weighted by Gasteiger charge is 2.03. The third kappa shape index (κ3) is 3.56. The van der Waals surface area contributed by atoms with Crippen LogP contribution in [0.3, 0.4) is 0 Å². The number of nitrogen functional groups attached to an aromatic ring is 1. The van der Waals surface area contributed by atoms with Crippen molar-refractivity contribution in [3.8, 4) is 0 Å². The van der Waals surface area contributed by atoms with Crippen molar-refractivity contribution in [2.45, 2.75) is 13.1 Å². The van der Waals surface area contributed by atoms with Gasteiger partial charge in [-0.1, -0.05) is 12.1 Å². The Kier molecular flexibility index (Phi) is 4.54. The van der Waals surface area contributed by atoms with Crippen LogP contribution in [-0.4, -0.2) is 13.0 Å². The second kappa shape index (κ2) is 6.36. The maximum Gasteiger partial charge on any atom is 0.251 e. The molecule has 0 unspecified atom stereocenters. The average Bonchev–Trinajstić information content (AvgIpc) is 2.84. The number of rotatable bonds is 5. The van der Waals surface area contributed by atoms with E-state index in [0.717, 1.165) is 29.2 Å². The lowest BCUT2D eigenvalue weighted by Crippen LogP contribution is -2.18. The molecule has 0 aliphatic carbocycles. The van der Waals surface area contributed by atoms with Gasteiger partial charge < -0.3 is 16.4 Å². The highest BCUT2D eigenvalue weighted by atomic mass is 32.1. The minimum atomic E-state index is -0.0640. The summed E-state index contributed by atoms with van der Waals surface area (Å²) in [7, 11) is 1.63. The molecular formula is C14H17N3OS. The normalized spacial score (nSPS) is 10.4. The van der Waals surface area contributed by atoms with Crippen LogP contribution in [0.15, 0.2) is 35.7 Å². The van der Waals surface area contributed by atoms with Crippen molar-refractivity contribution in [3.63, 3.8) is 0 Å². The molecule has 0 atom stereocenters. The van der Waals surface area contributed by atoms with E-state index in [9.17, 15) is 4.79 Å². The number of carbonyl (C=O) groups excluding carboxylic acids is 1. The molecule has 4 N–H and O–H groups in total. The van der Waals surface area contributed by atoms with Crippen LogP contribution >= 0.6 is 11.3 Å². The minimum absolute atomic E-state index is 0.0640. The van der Waals surface area contributed by atoms with Crippen LogP contribution in [0.5, 0.6) is 0 Å². The summed E-state index contributed by atoms with van der Waals surface area (Å²) < 4.78 is 0. The molecule has 0 spiro atoms. The number of carbonyl (C=O) groups is 1. The van der Waals surface area contributed by atoms with E-state index >= 15 is 0 Å². The van der Waals surface area contributed by atoms with Gasteiger partial charge in [-0.15, -0.1) is 11.3 Å². The van der Waals surface area contributed by atoms with Crippen LogP contribution in [0.25, 0.3) is 0 Å². The van der Waals surface area contributed by atoms with Crippen molar-refractivity contribution < 1.29 is 4.79 Å². The molecule has 2 aromatic rings. The molecule has 0 aliphatic heterocycles. The first kappa shape index (κ1) is 13.6. The molecule has 0 aliphatic rings. The summed E-state index contributed by atoms with van der Waals surface area (Å²) in [5.74, 6) is -0.0640. The zero-order valence-corrected chi connectivity index (χ0v) is 11.6. The lowest BCUT2D eigenvalue weighted by molar-refractivity contribution is 0.0963. The first-order valence-electron chi connectivity index (χ1n) is 6.04. The molecule has 0 radical (unpaired) electrons. The lowest BCUT2D eigenvalue weighted by atomic mass is 10.1. The van der Waals surface area contributed by atoms with Gasteiger partial charge in [-0.05, 0) is 29.1 Å². The summed E-state index contributed by atoms with van der Waals surface area (Å²) >= 11 is 1.65. The van der Waals surface area contributed by atoms with E-state index in [-0.39, 0.29) is 5.91 Å². The number of nitrogens with one attached hydrogen (secondary N) is 2. The van der Waals surface area contributed by atoms with Gasteiger partial charge in [0, 0.05) is 36.3 Å². The summed E-state index contributed by atoms with van der Waals surface area (Å²) in [5.41, 5.74) is 8.47. The van der Waals surface area contributed by atoms with Gasteiger partial charge in [-0.2, -0.15) is 0 Å². The highest BCUT2D eigenvalue weighted by molar-refractivity contribution is 7.10. The average molecular weight is 275 g/mol. The van der Waals surface area contributed by atoms with E-state index in [1.54, 1.807) is 18.4 Å². The first-order valence-corrected chi connectivity index (χ1v) is 6.92. The summed E-state index contributed by atoms with van der Waals surface area (Å²) in [5, 5.41) is 7.93. The predicted molar refractivity (Wildman–Crippen MR) is 79.1 cm³/mol. The molecular weight excluding hydrogens is 258 g/mol. The number of hydrogen-bond acceptors (Lipinski definition) is 4. The van der Waals surface area contributed by atoms with Gasteiger partial charge in [0.15, 0.2) is 0 Å². The zero-order valence-electron chi connectivity index (χ0n) is 10.8. The van der Waals surface area contributed by atoms with E-state index in [1.807, 2.05) is 35.7 Å². The third-order valence-electron chi connectivity index (χ3n) is 2.84. The number of nitrogens with two attached hydrogens (primary N) is 1. The summed E-state index contributed by atoms with van der Waals surface area (Å²) in [6.07, 6.45) is 0. The molecule has 19 heavy (non-hydrogen) atoms. The van der Waals surface area contributed by atoms with Crippen molar-refractivity contribution in [2.24, 2.45) is 0 Å². The van der Waals surface area contributed by atoms with Gasteiger partial charge in [-0.3, -0.25) is 4.79 Å². The van der Waals surface area contributed by atoms with Crippen molar-refractivity contribution >= 4 is 22.9 Å². The fourth-order valence-electron chi connectivity index (χ4n) is 1.73. The number of thiophene rings is 1. The van der Waals surface area contributed by atoms with E-state index < -0.39 is 0 Å². The van der Waals surface area contributed by atoms with Gasteiger partial charge in [0.2, 0.25) is 0 Å². The number of hydrogen-bond donors (Lipinski definition) is 3. The van der Waals surface area contributed by atoms with Crippen molar-refractivity contribution in [1.82, 2.24) is 10.6 Å². The lowest BCUT2D eigenvalue weighted by Gasteiger charge is -2.05. The maximum absolute atomic E-state index is 11.4. The molecule has 1 amide bonds. The Labute approximate surface area is 116 Å². The number of benzene rings is 1. The van der Waals surface area contributed by atoms with E-state index in [2.05, 4.69) is 10.6 Å². The summed E-state index contributed by atoms with van der Waals surface area (Å²) in [6.45, 7) is 1.52. The summed E-state index contributed by atoms with van der Waals surface area (Å²) in [6, 6.07) is 9.48. The van der Waals surface area contributed by atoms with Crippen molar-refractivity contribution in [2.75, 3.05) is 12.8 Å².